The van der Waals surface area contributed by atoms with Gasteiger partial charge in [-0.2, -0.15) is 0 Å². The average Bonchev–Trinajstić information content (AvgIpc) is 2.25. The molecule has 0 heterocycles. The molecule has 3 nitrogen and oxygen atoms in total. The van der Waals surface area contributed by atoms with E-state index < -0.39 is 17.8 Å². The summed E-state index contributed by atoms with van der Waals surface area (Å²) in [5.41, 5.74) is 0.184. The smallest absolute Gasteiger partial charge is 0.325 e. The lowest BCUT2D eigenvalue weighted by atomic mass is 10.1. The molecule has 0 saturated heterocycles. The second kappa shape index (κ2) is 6.35. The summed E-state index contributed by atoms with van der Waals surface area (Å²) in [6.07, 6.45) is 0.859. The minimum absolute atomic E-state index is 0.184. The molecule has 1 rings (SSSR count). The molecule has 0 spiro atoms. The largest absolute Gasteiger partial charge is 0.480 e. The summed E-state index contributed by atoms with van der Waals surface area (Å²) >= 11 is 0. The van der Waals surface area contributed by atoms with E-state index in [9.17, 15) is 9.18 Å². The Kier molecular flexibility index (Phi) is 5.10. The summed E-state index contributed by atoms with van der Waals surface area (Å²) in [6.45, 7) is 4.67. The van der Waals surface area contributed by atoms with Crippen LogP contribution in [0, 0.1) is 11.7 Å². The van der Waals surface area contributed by atoms with Gasteiger partial charge in [0.15, 0.2) is 0 Å². The molecule has 1 aromatic carbocycles. The Bertz CT molecular complexity index is 379. The number of nitrogens with one attached hydrogen (secondary N) is 1. The van der Waals surface area contributed by atoms with Gasteiger partial charge in [0.25, 0.3) is 0 Å². The molecule has 94 valence electrons. The van der Waals surface area contributed by atoms with Gasteiger partial charge >= 0.3 is 5.97 Å². The highest BCUT2D eigenvalue weighted by Gasteiger charge is 2.21. The Labute approximate surface area is 101 Å². The predicted octanol–water partition coefficient (Wildman–Crippen LogP) is 2.59. The molecule has 0 aromatic heterocycles. The Balaban J connectivity index is 2.73. The van der Waals surface area contributed by atoms with E-state index in [0.717, 1.165) is 6.42 Å². The molecule has 1 unspecified atom stereocenters. The molecule has 2 N–H and O–H groups in total. The van der Waals surface area contributed by atoms with Crippen molar-refractivity contribution in [3.8, 4) is 0 Å². The van der Waals surface area contributed by atoms with Crippen molar-refractivity contribution in [1.82, 2.24) is 5.32 Å². The topological polar surface area (TPSA) is 49.3 Å². The summed E-state index contributed by atoms with van der Waals surface area (Å²) < 4.78 is 13.5. The summed E-state index contributed by atoms with van der Waals surface area (Å²) in [5, 5.41) is 12.0. The van der Waals surface area contributed by atoms with Crippen LogP contribution in [0.25, 0.3) is 0 Å². The summed E-state index contributed by atoms with van der Waals surface area (Å²) in [7, 11) is 0. The highest BCUT2D eigenvalue weighted by atomic mass is 19.1. The van der Waals surface area contributed by atoms with Crippen molar-refractivity contribution in [2.45, 2.75) is 26.3 Å². The van der Waals surface area contributed by atoms with Gasteiger partial charge in [-0.25, -0.2) is 4.39 Å². The van der Waals surface area contributed by atoms with Crippen molar-refractivity contribution in [2.24, 2.45) is 5.92 Å². The molecule has 0 saturated carbocycles. The highest BCUT2D eigenvalue weighted by Crippen LogP contribution is 2.17. The van der Waals surface area contributed by atoms with Crippen LogP contribution in [0.4, 0.5) is 4.39 Å². The minimum Gasteiger partial charge on any atom is -0.480 e. The van der Waals surface area contributed by atoms with Crippen LogP contribution in [-0.2, 0) is 4.79 Å². The predicted molar refractivity (Wildman–Crippen MR) is 64.2 cm³/mol. The number of benzene rings is 1. The van der Waals surface area contributed by atoms with Crippen molar-refractivity contribution < 1.29 is 14.3 Å². The average molecular weight is 239 g/mol. The molecule has 0 aliphatic rings. The second-order valence-corrected chi connectivity index (χ2v) is 4.43. The Morgan fingerprint density at radius 3 is 2.59 bits per heavy atom. The first-order valence-electron chi connectivity index (χ1n) is 5.73. The summed E-state index contributed by atoms with van der Waals surface area (Å²) in [6, 6.07) is 4.98. The van der Waals surface area contributed by atoms with Crippen LogP contribution in [0.1, 0.15) is 31.9 Å². The molecule has 0 amide bonds. The molecule has 1 aromatic rings. The monoisotopic (exact) mass is 239 g/mol. The number of hydrogen-bond donors (Lipinski definition) is 2. The minimum atomic E-state index is -1.06. The van der Waals surface area contributed by atoms with E-state index in [1.165, 1.54) is 12.1 Å². The number of hydrogen-bond acceptors (Lipinski definition) is 2. The first-order valence-corrected chi connectivity index (χ1v) is 5.73. The number of carboxylic acids is 1. The van der Waals surface area contributed by atoms with Crippen LogP contribution in [-0.4, -0.2) is 17.6 Å². The van der Waals surface area contributed by atoms with Crippen LogP contribution >= 0.6 is 0 Å². The maximum Gasteiger partial charge on any atom is 0.325 e. The van der Waals surface area contributed by atoms with Gasteiger partial charge in [-0.3, -0.25) is 4.79 Å². The second-order valence-electron chi connectivity index (χ2n) is 4.43. The number of halogens is 1. The SMILES string of the molecule is CC(C)CCNC(C(=O)O)c1ccccc1F. The number of carboxylic acid groups (broad SMARTS) is 1. The van der Waals surface area contributed by atoms with E-state index in [2.05, 4.69) is 19.2 Å². The lowest BCUT2D eigenvalue weighted by Crippen LogP contribution is -2.30. The summed E-state index contributed by atoms with van der Waals surface area (Å²) in [5.74, 6) is -1.06. The molecule has 4 heteroatoms. The zero-order chi connectivity index (χ0) is 12.8. The van der Waals surface area contributed by atoms with Gasteiger partial charge in [0.2, 0.25) is 0 Å². The normalized spacial score (nSPS) is 12.7. The summed E-state index contributed by atoms with van der Waals surface area (Å²) in [4.78, 5) is 11.1. The number of carbonyl (C=O) groups is 1. The fourth-order valence-corrected chi connectivity index (χ4v) is 1.56. The quantitative estimate of drug-likeness (QED) is 0.802. The number of aliphatic carboxylic acids is 1. The van der Waals surface area contributed by atoms with E-state index >= 15 is 0 Å². The molecule has 0 radical (unpaired) electrons. The van der Waals surface area contributed by atoms with Crippen molar-refractivity contribution >= 4 is 5.97 Å². The van der Waals surface area contributed by atoms with Gasteiger partial charge in [0, 0.05) is 5.56 Å². The van der Waals surface area contributed by atoms with Crippen LogP contribution < -0.4 is 5.32 Å². The molecule has 17 heavy (non-hydrogen) atoms. The van der Waals surface area contributed by atoms with Gasteiger partial charge in [0.05, 0.1) is 0 Å². The fraction of sp³-hybridized carbons (Fsp3) is 0.462. The third-order valence-electron chi connectivity index (χ3n) is 2.53. The molecule has 1 atom stereocenters. The Morgan fingerprint density at radius 2 is 2.06 bits per heavy atom. The standard InChI is InChI=1S/C13H18FNO2/c1-9(2)7-8-15-12(13(16)17)10-5-3-4-6-11(10)14/h3-6,9,12,15H,7-8H2,1-2H3,(H,16,17). The molecular formula is C13H18FNO2. The number of rotatable bonds is 6. The Morgan fingerprint density at radius 1 is 1.41 bits per heavy atom. The van der Waals surface area contributed by atoms with E-state index in [-0.39, 0.29) is 5.56 Å². The maximum atomic E-state index is 13.5. The molecular weight excluding hydrogens is 221 g/mol. The van der Waals surface area contributed by atoms with Crippen LogP contribution in [0.2, 0.25) is 0 Å². The van der Waals surface area contributed by atoms with Crippen LogP contribution in [0.3, 0.4) is 0 Å². The van der Waals surface area contributed by atoms with Crippen molar-refractivity contribution in [1.29, 1.82) is 0 Å². The van der Waals surface area contributed by atoms with Gasteiger partial charge in [-0.15, -0.1) is 0 Å². The lowest BCUT2D eigenvalue weighted by molar-refractivity contribution is -0.139. The van der Waals surface area contributed by atoms with Crippen molar-refractivity contribution in [2.75, 3.05) is 6.54 Å². The first-order chi connectivity index (χ1) is 8.02. The fourth-order valence-electron chi connectivity index (χ4n) is 1.56. The lowest BCUT2D eigenvalue weighted by Gasteiger charge is -2.16. The molecule has 0 aliphatic carbocycles. The van der Waals surface area contributed by atoms with Crippen molar-refractivity contribution in [3.63, 3.8) is 0 Å². The van der Waals surface area contributed by atoms with Crippen LogP contribution in [0.15, 0.2) is 24.3 Å². The van der Waals surface area contributed by atoms with Gasteiger partial charge in [-0.1, -0.05) is 32.0 Å². The van der Waals surface area contributed by atoms with E-state index in [1.54, 1.807) is 12.1 Å². The highest BCUT2D eigenvalue weighted by molar-refractivity contribution is 5.75. The third-order valence-corrected chi connectivity index (χ3v) is 2.53. The first kappa shape index (κ1) is 13.6. The van der Waals surface area contributed by atoms with E-state index in [1.807, 2.05) is 0 Å². The van der Waals surface area contributed by atoms with Gasteiger partial charge in [0.1, 0.15) is 11.9 Å². The van der Waals surface area contributed by atoms with Gasteiger partial charge in [-0.05, 0) is 24.9 Å². The van der Waals surface area contributed by atoms with Crippen LogP contribution in [0.5, 0.6) is 0 Å². The maximum absolute atomic E-state index is 13.5. The molecule has 0 fully saturated rings. The van der Waals surface area contributed by atoms with Crippen molar-refractivity contribution in [3.05, 3.63) is 35.6 Å². The third kappa shape index (κ3) is 4.15. The van der Waals surface area contributed by atoms with E-state index in [0.29, 0.717) is 12.5 Å². The van der Waals surface area contributed by atoms with Gasteiger partial charge < -0.3 is 10.4 Å². The molecule has 0 bridgehead atoms. The zero-order valence-corrected chi connectivity index (χ0v) is 10.1. The molecule has 0 aliphatic heterocycles. The zero-order valence-electron chi connectivity index (χ0n) is 10.1. The van der Waals surface area contributed by atoms with E-state index in [4.69, 9.17) is 5.11 Å². The Hall–Kier alpha value is -1.42.